The molecule has 7 nitrogen and oxygen atoms in total. The van der Waals surface area contributed by atoms with Crippen LogP contribution in [0.2, 0.25) is 0 Å². The molecule has 3 rings (SSSR count). The van der Waals surface area contributed by atoms with Crippen LogP contribution in [-0.2, 0) is 4.74 Å². The van der Waals surface area contributed by atoms with Crippen LogP contribution in [0.3, 0.4) is 0 Å². The molecule has 1 N–H and O–H groups in total. The average molecular weight is 279 g/mol. The van der Waals surface area contributed by atoms with Crippen LogP contribution >= 0.6 is 0 Å². The number of amides is 1. The fraction of sp³-hybridized carbons (Fsp3) is 0.769. The quantitative estimate of drug-likeness (QED) is 0.829. The van der Waals surface area contributed by atoms with Gasteiger partial charge in [-0.15, -0.1) is 5.10 Å². The fourth-order valence-corrected chi connectivity index (χ4v) is 2.80. The highest BCUT2D eigenvalue weighted by Crippen LogP contribution is 2.18. The Hall–Kier alpha value is -1.47. The van der Waals surface area contributed by atoms with Crippen molar-refractivity contribution in [1.82, 2.24) is 25.2 Å². The lowest BCUT2D eigenvalue weighted by Crippen LogP contribution is -2.47. The molecule has 2 aliphatic rings. The largest absolute Gasteiger partial charge is 0.377 e. The van der Waals surface area contributed by atoms with E-state index in [4.69, 9.17) is 4.74 Å². The van der Waals surface area contributed by atoms with Crippen LogP contribution in [0.15, 0.2) is 6.20 Å². The van der Waals surface area contributed by atoms with Crippen molar-refractivity contribution in [2.24, 2.45) is 0 Å². The zero-order chi connectivity index (χ0) is 13.9. The summed E-state index contributed by atoms with van der Waals surface area (Å²) in [6, 6.07) is 0.452. The molecule has 0 spiro atoms. The highest BCUT2D eigenvalue weighted by atomic mass is 16.5. The number of rotatable bonds is 2. The predicted octanol–water partition coefficient (Wildman–Crippen LogP) is 0.0635. The van der Waals surface area contributed by atoms with E-state index in [1.807, 2.05) is 16.5 Å². The van der Waals surface area contributed by atoms with E-state index < -0.39 is 0 Å². The summed E-state index contributed by atoms with van der Waals surface area (Å²) in [6.45, 7) is 5.80. The molecule has 2 aliphatic heterocycles. The molecule has 3 heterocycles. The Morgan fingerprint density at radius 3 is 3.00 bits per heavy atom. The Kier molecular flexibility index (Phi) is 3.98. The van der Waals surface area contributed by atoms with E-state index in [2.05, 4.69) is 15.6 Å². The first-order chi connectivity index (χ1) is 9.75. The Morgan fingerprint density at radius 1 is 1.45 bits per heavy atom. The van der Waals surface area contributed by atoms with Gasteiger partial charge in [-0.1, -0.05) is 5.21 Å². The van der Waals surface area contributed by atoms with Gasteiger partial charge < -0.3 is 15.0 Å². The Bertz CT molecular complexity index is 469. The lowest BCUT2D eigenvalue weighted by molar-refractivity contribution is 0.00326. The molecule has 7 heteroatoms. The number of hydrogen-bond acceptors (Lipinski definition) is 5. The number of hydrogen-bond donors (Lipinski definition) is 1. The first-order valence-corrected chi connectivity index (χ1v) is 7.27. The van der Waals surface area contributed by atoms with Gasteiger partial charge >= 0.3 is 0 Å². The smallest absolute Gasteiger partial charge is 0.276 e. The van der Waals surface area contributed by atoms with Crippen molar-refractivity contribution in [3.63, 3.8) is 0 Å². The molecule has 1 atom stereocenters. The van der Waals surface area contributed by atoms with Crippen LogP contribution in [0, 0.1) is 0 Å². The third-order valence-corrected chi connectivity index (χ3v) is 4.04. The third kappa shape index (κ3) is 2.69. The van der Waals surface area contributed by atoms with Crippen molar-refractivity contribution in [2.75, 3.05) is 32.8 Å². The standard InChI is InChI=1S/C13H21N5O2/c1-10-9-20-7-6-17(10)13(19)12-8-18(16-15-12)11-2-4-14-5-3-11/h8,10-11,14H,2-7,9H2,1H3/t10-/m1/s1. The molecule has 0 bridgehead atoms. The van der Waals surface area contributed by atoms with E-state index >= 15 is 0 Å². The molecule has 2 fully saturated rings. The number of carbonyl (C=O) groups excluding carboxylic acids is 1. The summed E-state index contributed by atoms with van der Waals surface area (Å²) in [4.78, 5) is 14.3. The number of morpholine rings is 1. The van der Waals surface area contributed by atoms with Crippen LogP contribution < -0.4 is 5.32 Å². The van der Waals surface area contributed by atoms with Gasteiger partial charge in [0.1, 0.15) is 0 Å². The SMILES string of the molecule is C[C@@H]1COCCN1C(=O)c1cn(C2CCNCC2)nn1. The summed E-state index contributed by atoms with van der Waals surface area (Å²) in [5.41, 5.74) is 0.442. The number of nitrogens with one attached hydrogen (secondary N) is 1. The molecule has 0 unspecified atom stereocenters. The second kappa shape index (κ2) is 5.88. The average Bonchev–Trinajstić information content (AvgIpc) is 2.98. The molecule has 1 aromatic rings. The molecule has 0 aromatic carbocycles. The zero-order valence-corrected chi connectivity index (χ0v) is 11.8. The summed E-state index contributed by atoms with van der Waals surface area (Å²) in [7, 11) is 0. The predicted molar refractivity (Wildman–Crippen MR) is 72.5 cm³/mol. The molecule has 0 saturated carbocycles. The van der Waals surface area contributed by atoms with E-state index in [1.54, 1.807) is 6.20 Å². The summed E-state index contributed by atoms with van der Waals surface area (Å²) in [5.74, 6) is -0.0408. The van der Waals surface area contributed by atoms with Crippen LogP contribution in [0.4, 0.5) is 0 Å². The highest BCUT2D eigenvalue weighted by Gasteiger charge is 2.27. The van der Waals surface area contributed by atoms with E-state index in [0.29, 0.717) is 31.5 Å². The Balaban J connectivity index is 1.70. The highest BCUT2D eigenvalue weighted by molar-refractivity contribution is 5.92. The van der Waals surface area contributed by atoms with Crippen LogP contribution in [0.25, 0.3) is 0 Å². The molecule has 0 radical (unpaired) electrons. The molecule has 110 valence electrons. The number of ether oxygens (including phenoxy) is 1. The van der Waals surface area contributed by atoms with Gasteiger partial charge in [0.25, 0.3) is 5.91 Å². The lowest BCUT2D eigenvalue weighted by Gasteiger charge is -2.32. The summed E-state index contributed by atoms with van der Waals surface area (Å²) >= 11 is 0. The van der Waals surface area contributed by atoms with Crippen molar-refractivity contribution >= 4 is 5.91 Å². The topological polar surface area (TPSA) is 72.3 Å². The molecular formula is C13H21N5O2. The van der Waals surface area contributed by atoms with Gasteiger partial charge in [0.2, 0.25) is 0 Å². The minimum atomic E-state index is -0.0408. The fourth-order valence-electron chi connectivity index (χ4n) is 2.80. The van der Waals surface area contributed by atoms with E-state index in [1.165, 1.54) is 0 Å². The maximum absolute atomic E-state index is 12.4. The minimum Gasteiger partial charge on any atom is -0.377 e. The van der Waals surface area contributed by atoms with Crippen molar-refractivity contribution in [1.29, 1.82) is 0 Å². The maximum atomic E-state index is 12.4. The number of piperidine rings is 1. The van der Waals surface area contributed by atoms with Gasteiger partial charge in [0, 0.05) is 6.54 Å². The molecule has 1 amide bonds. The molecule has 20 heavy (non-hydrogen) atoms. The van der Waals surface area contributed by atoms with Gasteiger partial charge in [0.15, 0.2) is 5.69 Å². The number of nitrogens with zero attached hydrogens (tertiary/aromatic N) is 4. The lowest BCUT2D eigenvalue weighted by atomic mass is 10.1. The first kappa shape index (κ1) is 13.5. The van der Waals surface area contributed by atoms with Gasteiger partial charge in [-0.2, -0.15) is 0 Å². The Morgan fingerprint density at radius 2 is 2.25 bits per heavy atom. The molecule has 0 aliphatic carbocycles. The number of carbonyl (C=O) groups is 1. The summed E-state index contributed by atoms with van der Waals surface area (Å²) < 4.78 is 7.20. The van der Waals surface area contributed by atoms with Crippen molar-refractivity contribution < 1.29 is 9.53 Å². The Labute approximate surface area is 118 Å². The molecule has 2 saturated heterocycles. The van der Waals surface area contributed by atoms with Gasteiger partial charge in [-0.25, -0.2) is 4.68 Å². The van der Waals surface area contributed by atoms with Gasteiger partial charge in [-0.05, 0) is 32.9 Å². The van der Waals surface area contributed by atoms with Crippen LogP contribution in [0.5, 0.6) is 0 Å². The normalized spacial score (nSPS) is 24.9. The van der Waals surface area contributed by atoms with E-state index in [0.717, 1.165) is 25.9 Å². The first-order valence-electron chi connectivity index (χ1n) is 7.27. The van der Waals surface area contributed by atoms with Crippen molar-refractivity contribution in [3.8, 4) is 0 Å². The van der Waals surface area contributed by atoms with Crippen LogP contribution in [0.1, 0.15) is 36.3 Å². The van der Waals surface area contributed by atoms with Crippen molar-refractivity contribution in [2.45, 2.75) is 31.8 Å². The zero-order valence-electron chi connectivity index (χ0n) is 11.8. The molecule has 1 aromatic heterocycles. The monoisotopic (exact) mass is 279 g/mol. The van der Waals surface area contributed by atoms with Gasteiger partial charge in [-0.3, -0.25) is 4.79 Å². The maximum Gasteiger partial charge on any atom is 0.276 e. The van der Waals surface area contributed by atoms with E-state index in [9.17, 15) is 4.79 Å². The summed E-state index contributed by atoms with van der Waals surface area (Å²) in [6.07, 6.45) is 3.86. The third-order valence-electron chi connectivity index (χ3n) is 4.04. The second-order valence-electron chi connectivity index (χ2n) is 5.49. The van der Waals surface area contributed by atoms with E-state index in [-0.39, 0.29) is 11.9 Å². The van der Waals surface area contributed by atoms with Gasteiger partial charge in [0.05, 0.1) is 31.5 Å². The molecular weight excluding hydrogens is 258 g/mol. The van der Waals surface area contributed by atoms with Crippen molar-refractivity contribution in [3.05, 3.63) is 11.9 Å². The second-order valence-corrected chi connectivity index (χ2v) is 5.49. The summed E-state index contributed by atoms with van der Waals surface area (Å²) in [5, 5.41) is 11.5. The van der Waals surface area contributed by atoms with Crippen LogP contribution in [-0.4, -0.2) is 64.7 Å². The minimum absolute atomic E-state index is 0.0408. The number of aromatic nitrogens is 3.